The topological polar surface area (TPSA) is 28.4 Å². The fourth-order valence-electron chi connectivity index (χ4n) is 3.67. The van der Waals surface area contributed by atoms with Crippen molar-refractivity contribution in [3.8, 4) is 11.3 Å². The Hall–Kier alpha value is -1.65. The van der Waals surface area contributed by atoms with Crippen LogP contribution in [-0.2, 0) is 6.54 Å². The van der Waals surface area contributed by atoms with Crippen molar-refractivity contribution in [3.63, 3.8) is 0 Å². The number of hydrogen-bond donors (Lipinski definition) is 1. The van der Waals surface area contributed by atoms with E-state index in [9.17, 15) is 4.39 Å². The Morgan fingerprint density at radius 3 is 2.55 bits per heavy atom. The fourth-order valence-corrected chi connectivity index (χ4v) is 3.67. The van der Waals surface area contributed by atoms with Gasteiger partial charge < -0.3 is 14.6 Å². The maximum atomic E-state index is 13.0. The predicted octanol–water partition coefficient (Wildman–Crippen LogP) is 3.27. The van der Waals surface area contributed by atoms with Gasteiger partial charge >= 0.3 is 0 Å². The van der Waals surface area contributed by atoms with E-state index < -0.39 is 0 Å². The van der Waals surface area contributed by atoms with Crippen molar-refractivity contribution in [3.05, 3.63) is 48.0 Å². The minimum Gasteiger partial charge on any atom is -0.460 e. The maximum absolute atomic E-state index is 13.0. The summed E-state index contributed by atoms with van der Waals surface area (Å²) >= 11 is 0. The van der Waals surface area contributed by atoms with Gasteiger partial charge in [0.25, 0.3) is 0 Å². The van der Waals surface area contributed by atoms with Crippen molar-refractivity contribution < 1.29 is 8.81 Å². The smallest absolute Gasteiger partial charge is 0.134 e. The highest BCUT2D eigenvalue weighted by Crippen LogP contribution is 2.28. The molecule has 116 valence electrons. The van der Waals surface area contributed by atoms with Gasteiger partial charge in [0.1, 0.15) is 17.3 Å². The number of benzene rings is 1. The standard InChI is InChI=1S/C18H21FN2O/c19-15-3-1-14(2-4-15)18-6-5-16(22-18)11-20-17-12-21-9-7-13(17)8-10-21/h1-6,13,17,20H,7-12H2/t17-/m1/s1. The lowest BCUT2D eigenvalue weighted by Gasteiger charge is -2.45. The molecule has 0 saturated carbocycles. The molecule has 1 aromatic heterocycles. The van der Waals surface area contributed by atoms with E-state index in [1.807, 2.05) is 12.1 Å². The molecule has 3 saturated heterocycles. The first-order valence-corrected chi connectivity index (χ1v) is 8.08. The Bertz CT molecular complexity index is 629. The molecule has 22 heavy (non-hydrogen) atoms. The third kappa shape index (κ3) is 2.81. The highest BCUT2D eigenvalue weighted by Gasteiger charge is 2.33. The summed E-state index contributed by atoms with van der Waals surface area (Å²) in [6.07, 6.45) is 2.63. The molecule has 0 aliphatic carbocycles. The number of nitrogens with one attached hydrogen (secondary N) is 1. The van der Waals surface area contributed by atoms with Gasteiger partial charge in [-0.05, 0) is 68.2 Å². The second-order valence-corrected chi connectivity index (χ2v) is 6.40. The lowest BCUT2D eigenvalue weighted by atomic mass is 9.84. The number of nitrogens with zero attached hydrogens (tertiary/aromatic N) is 1. The van der Waals surface area contributed by atoms with Gasteiger partial charge in [-0.15, -0.1) is 0 Å². The molecule has 5 rings (SSSR count). The van der Waals surface area contributed by atoms with E-state index in [-0.39, 0.29) is 5.82 Å². The fraction of sp³-hybridized carbons (Fsp3) is 0.444. The van der Waals surface area contributed by atoms with Crippen LogP contribution >= 0.6 is 0 Å². The van der Waals surface area contributed by atoms with Crippen LogP contribution in [0.1, 0.15) is 18.6 Å². The number of fused-ring (bicyclic) bond motifs is 3. The van der Waals surface area contributed by atoms with Crippen LogP contribution in [0.5, 0.6) is 0 Å². The second-order valence-electron chi connectivity index (χ2n) is 6.40. The molecule has 4 heterocycles. The third-order valence-corrected chi connectivity index (χ3v) is 4.99. The molecule has 2 bridgehead atoms. The lowest BCUT2D eigenvalue weighted by Crippen LogP contribution is -2.55. The van der Waals surface area contributed by atoms with Gasteiger partial charge in [0.2, 0.25) is 0 Å². The van der Waals surface area contributed by atoms with Crippen molar-refractivity contribution >= 4 is 0 Å². The van der Waals surface area contributed by atoms with Crippen LogP contribution in [0.25, 0.3) is 11.3 Å². The first kappa shape index (κ1) is 14.0. The Labute approximate surface area is 130 Å². The normalized spacial score (nSPS) is 27.2. The average Bonchev–Trinajstić information content (AvgIpc) is 3.04. The molecule has 4 heteroatoms. The Balaban J connectivity index is 1.39. The molecular weight excluding hydrogens is 279 g/mol. The summed E-state index contributed by atoms with van der Waals surface area (Å²) < 4.78 is 18.8. The Kier molecular flexibility index (Phi) is 3.72. The first-order chi connectivity index (χ1) is 10.8. The molecule has 1 aromatic carbocycles. The summed E-state index contributed by atoms with van der Waals surface area (Å²) in [6, 6.07) is 11.0. The molecular formula is C18H21FN2O. The van der Waals surface area contributed by atoms with Crippen LogP contribution in [0.15, 0.2) is 40.8 Å². The van der Waals surface area contributed by atoms with Crippen molar-refractivity contribution in [2.75, 3.05) is 19.6 Å². The van der Waals surface area contributed by atoms with Gasteiger partial charge in [-0.25, -0.2) is 4.39 Å². The summed E-state index contributed by atoms with van der Waals surface area (Å²) in [6.45, 7) is 4.45. The van der Waals surface area contributed by atoms with Gasteiger partial charge in [-0.1, -0.05) is 0 Å². The first-order valence-electron chi connectivity index (χ1n) is 8.08. The average molecular weight is 300 g/mol. The third-order valence-electron chi connectivity index (χ3n) is 4.99. The summed E-state index contributed by atoms with van der Waals surface area (Å²) in [5.74, 6) is 2.33. The van der Waals surface area contributed by atoms with Crippen LogP contribution in [-0.4, -0.2) is 30.6 Å². The summed E-state index contributed by atoms with van der Waals surface area (Å²) in [4.78, 5) is 2.55. The molecule has 3 aliphatic rings. The maximum Gasteiger partial charge on any atom is 0.134 e. The number of rotatable bonds is 4. The zero-order valence-electron chi connectivity index (χ0n) is 12.6. The zero-order chi connectivity index (χ0) is 14.9. The van der Waals surface area contributed by atoms with Crippen molar-refractivity contribution in [2.45, 2.75) is 25.4 Å². The molecule has 3 fully saturated rings. The summed E-state index contributed by atoms with van der Waals surface area (Å²) in [5.41, 5.74) is 0.912. The molecule has 0 unspecified atom stereocenters. The number of piperidine rings is 3. The van der Waals surface area contributed by atoms with E-state index in [1.54, 1.807) is 12.1 Å². The number of furan rings is 1. The zero-order valence-corrected chi connectivity index (χ0v) is 12.6. The van der Waals surface area contributed by atoms with Crippen molar-refractivity contribution in [1.29, 1.82) is 0 Å². The largest absolute Gasteiger partial charge is 0.460 e. The highest BCUT2D eigenvalue weighted by molar-refractivity contribution is 5.57. The Morgan fingerprint density at radius 1 is 1.09 bits per heavy atom. The minimum absolute atomic E-state index is 0.223. The van der Waals surface area contributed by atoms with Crippen LogP contribution in [0.3, 0.4) is 0 Å². The summed E-state index contributed by atoms with van der Waals surface area (Å²) in [7, 11) is 0. The van der Waals surface area contributed by atoms with Crippen molar-refractivity contribution in [1.82, 2.24) is 10.2 Å². The molecule has 2 aromatic rings. The molecule has 1 atom stereocenters. The monoisotopic (exact) mass is 300 g/mol. The van der Waals surface area contributed by atoms with Gasteiger partial charge in [0.05, 0.1) is 6.54 Å². The van der Waals surface area contributed by atoms with Gasteiger partial charge in [0, 0.05) is 18.2 Å². The predicted molar refractivity (Wildman–Crippen MR) is 83.9 cm³/mol. The molecule has 3 aliphatic heterocycles. The van der Waals surface area contributed by atoms with Crippen LogP contribution in [0, 0.1) is 11.7 Å². The Morgan fingerprint density at radius 2 is 1.86 bits per heavy atom. The number of hydrogen-bond acceptors (Lipinski definition) is 3. The van der Waals surface area contributed by atoms with E-state index in [1.165, 1.54) is 38.1 Å². The summed E-state index contributed by atoms with van der Waals surface area (Å²) in [5, 5.41) is 3.65. The molecule has 1 N–H and O–H groups in total. The van der Waals surface area contributed by atoms with Crippen LogP contribution in [0.4, 0.5) is 4.39 Å². The lowest BCUT2D eigenvalue weighted by molar-refractivity contribution is 0.0711. The molecule has 0 radical (unpaired) electrons. The van der Waals surface area contributed by atoms with Crippen molar-refractivity contribution in [2.24, 2.45) is 5.92 Å². The molecule has 0 spiro atoms. The van der Waals surface area contributed by atoms with Gasteiger partial charge in [-0.2, -0.15) is 0 Å². The van der Waals surface area contributed by atoms with E-state index in [2.05, 4.69) is 10.2 Å². The van der Waals surface area contributed by atoms with Gasteiger partial charge in [0.15, 0.2) is 0 Å². The van der Waals surface area contributed by atoms with E-state index in [4.69, 9.17) is 4.42 Å². The van der Waals surface area contributed by atoms with Crippen LogP contribution in [0.2, 0.25) is 0 Å². The van der Waals surface area contributed by atoms with E-state index >= 15 is 0 Å². The highest BCUT2D eigenvalue weighted by atomic mass is 19.1. The van der Waals surface area contributed by atoms with Crippen LogP contribution < -0.4 is 5.32 Å². The molecule has 3 nitrogen and oxygen atoms in total. The van der Waals surface area contributed by atoms with E-state index in [0.29, 0.717) is 6.04 Å². The second kappa shape index (κ2) is 5.86. The molecule has 0 amide bonds. The van der Waals surface area contributed by atoms with Gasteiger partial charge in [-0.3, -0.25) is 0 Å². The number of halogens is 1. The quantitative estimate of drug-likeness (QED) is 0.939. The minimum atomic E-state index is -0.223. The SMILES string of the molecule is Fc1ccc(-c2ccc(CN[C@@H]3CN4CCC3CC4)o2)cc1. The van der Waals surface area contributed by atoms with E-state index in [0.717, 1.165) is 36.1 Å².